The molecule has 28 heavy (non-hydrogen) atoms. The third-order valence-electron chi connectivity index (χ3n) is 3.95. The molecule has 1 aliphatic heterocycles. The van der Waals surface area contributed by atoms with Gasteiger partial charge in [-0.2, -0.15) is 23.3 Å². The molecule has 5 nitrogen and oxygen atoms in total. The van der Waals surface area contributed by atoms with Gasteiger partial charge in [0.25, 0.3) is 5.91 Å². The van der Waals surface area contributed by atoms with Crippen molar-refractivity contribution in [2.24, 2.45) is 5.10 Å². The SMILES string of the molecule is CCOc1cc(/C=C2\C(=O)N(c3ccccc3)N=C2C(F)(F)F)ccc1OC. The van der Waals surface area contributed by atoms with Crippen LogP contribution in [0.3, 0.4) is 0 Å². The minimum Gasteiger partial charge on any atom is -0.493 e. The number of rotatable bonds is 5. The van der Waals surface area contributed by atoms with Crippen LogP contribution in [0.4, 0.5) is 18.9 Å². The van der Waals surface area contributed by atoms with E-state index in [0.717, 1.165) is 11.1 Å². The van der Waals surface area contributed by atoms with Crippen molar-refractivity contribution in [3.05, 3.63) is 59.7 Å². The molecule has 1 amide bonds. The Kier molecular flexibility index (Phi) is 5.39. The monoisotopic (exact) mass is 390 g/mol. The summed E-state index contributed by atoms with van der Waals surface area (Å²) < 4.78 is 51.1. The van der Waals surface area contributed by atoms with E-state index in [2.05, 4.69) is 5.10 Å². The number of hydrogen-bond acceptors (Lipinski definition) is 4. The van der Waals surface area contributed by atoms with E-state index in [1.807, 2.05) is 0 Å². The molecule has 0 fully saturated rings. The van der Waals surface area contributed by atoms with Gasteiger partial charge >= 0.3 is 6.18 Å². The summed E-state index contributed by atoms with van der Waals surface area (Å²) in [7, 11) is 1.46. The highest BCUT2D eigenvalue weighted by molar-refractivity contribution is 6.34. The van der Waals surface area contributed by atoms with Gasteiger partial charge in [-0.05, 0) is 42.8 Å². The second-order valence-corrected chi connectivity index (χ2v) is 5.80. The molecule has 0 atom stereocenters. The summed E-state index contributed by atoms with van der Waals surface area (Å²) in [6.07, 6.45) is -3.63. The second-order valence-electron chi connectivity index (χ2n) is 5.80. The highest BCUT2D eigenvalue weighted by Gasteiger charge is 2.46. The van der Waals surface area contributed by atoms with Gasteiger partial charge in [0, 0.05) is 0 Å². The maximum Gasteiger partial charge on any atom is 0.435 e. The molecule has 0 aromatic heterocycles. The molecule has 0 saturated carbocycles. The summed E-state index contributed by atoms with van der Waals surface area (Å²) in [6.45, 7) is 2.13. The Morgan fingerprint density at radius 3 is 2.43 bits per heavy atom. The van der Waals surface area contributed by atoms with E-state index >= 15 is 0 Å². The Hall–Kier alpha value is -3.29. The lowest BCUT2D eigenvalue weighted by Gasteiger charge is -2.11. The van der Waals surface area contributed by atoms with E-state index in [4.69, 9.17) is 9.47 Å². The predicted molar refractivity (Wildman–Crippen MR) is 99.6 cm³/mol. The maximum atomic E-state index is 13.5. The topological polar surface area (TPSA) is 51.1 Å². The fourth-order valence-corrected chi connectivity index (χ4v) is 2.72. The average Bonchev–Trinajstić information content (AvgIpc) is 3.00. The number of carbonyl (C=O) groups is 1. The number of amides is 1. The van der Waals surface area contributed by atoms with Gasteiger partial charge in [-0.15, -0.1) is 0 Å². The van der Waals surface area contributed by atoms with Crippen LogP contribution in [0, 0.1) is 0 Å². The van der Waals surface area contributed by atoms with Gasteiger partial charge in [-0.1, -0.05) is 24.3 Å². The first-order valence-electron chi connectivity index (χ1n) is 8.43. The molecule has 3 rings (SSSR count). The summed E-state index contributed by atoms with van der Waals surface area (Å²) >= 11 is 0. The van der Waals surface area contributed by atoms with Gasteiger partial charge in [0.15, 0.2) is 17.2 Å². The number of methoxy groups -OCH3 is 1. The van der Waals surface area contributed by atoms with Crippen LogP contribution in [0.2, 0.25) is 0 Å². The van der Waals surface area contributed by atoms with Crippen molar-refractivity contribution in [1.82, 2.24) is 0 Å². The fraction of sp³-hybridized carbons (Fsp3) is 0.200. The Morgan fingerprint density at radius 1 is 1.11 bits per heavy atom. The number of ether oxygens (including phenoxy) is 2. The number of hydrazone groups is 1. The number of nitrogens with zero attached hydrogens (tertiary/aromatic N) is 2. The molecule has 0 aliphatic carbocycles. The van der Waals surface area contributed by atoms with E-state index in [1.54, 1.807) is 37.3 Å². The maximum absolute atomic E-state index is 13.5. The molecule has 0 radical (unpaired) electrons. The van der Waals surface area contributed by atoms with Gasteiger partial charge in [-0.25, -0.2) is 0 Å². The average molecular weight is 390 g/mol. The lowest BCUT2D eigenvalue weighted by Crippen LogP contribution is -2.25. The van der Waals surface area contributed by atoms with E-state index in [1.165, 1.54) is 25.3 Å². The minimum absolute atomic E-state index is 0.252. The molecular weight excluding hydrogens is 373 g/mol. The van der Waals surface area contributed by atoms with E-state index in [9.17, 15) is 18.0 Å². The number of hydrogen-bond donors (Lipinski definition) is 0. The lowest BCUT2D eigenvalue weighted by atomic mass is 10.1. The van der Waals surface area contributed by atoms with Crippen LogP contribution in [0.5, 0.6) is 11.5 Å². The highest BCUT2D eigenvalue weighted by Crippen LogP contribution is 2.34. The van der Waals surface area contributed by atoms with Crippen LogP contribution >= 0.6 is 0 Å². The number of para-hydroxylation sites is 1. The number of alkyl halides is 3. The van der Waals surface area contributed by atoms with Crippen LogP contribution in [-0.2, 0) is 4.79 Å². The zero-order valence-electron chi connectivity index (χ0n) is 15.2. The Bertz CT molecular complexity index is 937. The molecule has 0 N–H and O–H groups in total. The van der Waals surface area contributed by atoms with Crippen molar-refractivity contribution < 1.29 is 27.4 Å². The number of carbonyl (C=O) groups excluding carboxylic acids is 1. The molecule has 0 unspecified atom stereocenters. The van der Waals surface area contributed by atoms with E-state index in [-0.39, 0.29) is 5.69 Å². The number of anilines is 1. The van der Waals surface area contributed by atoms with Crippen LogP contribution < -0.4 is 14.5 Å². The lowest BCUT2D eigenvalue weighted by molar-refractivity contribution is -0.114. The zero-order valence-corrected chi connectivity index (χ0v) is 15.2. The van der Waals surface area contributed by atoms with Gasteiger partial charge in [0.05, 0.1) is 25.0 Å². The van der Waals surface area contributed by atoms with Gasteiger partial charge < -0.3 is 9.47 Å². The molecule has 0 spiro atoms. The quantitative estimate of drug-likeness (QED) is 0.709. The first-order chi connectivity index (χ1) is 13.3. The van der Waals surface area contributed by atoms with Gasteiger partial charge in [0.2, 0.25) is 0 Å². The number of halogens is 3. The molecule has 146 valence electrons. The van der Waals surface area contributed by atoms with Gasteiger partial charge in [0.1, 0.15) is 0 Å². The second kappa shape index (κ2) is 7.75. The molecular formula is C20H17F3N2O3. The summed E-state index contributed by atoms with van der Waals surface area (Å²) in [6, 6.07) is 12.6. The van der Waals surface area contributed by atoms with Crippen molar-refractivity contribution in [1.29, 1.82) is 0 Å². The normalized spacial score (nSPS) is 15.8. The first-order valence-corrected chi connectivity index (χ1v) is 8.43. The summed E-state index contributed by atoms with van der Waals surface area (Å²) in [5.41, 5.74) is -1.17. The molecule has 2 aromatic rings. The van der Waals surface area contributed by atoms with Crippen LogP contribution in [0.25, 0.3) is 6.08 Å². The van der Waals surface area contributed by atoms with E-state index in [0.29, 0.717) is 23.7 Å². The summed E-state index contributed by atoms with van der Waals surface area (Å²) in [5, 5.41) is 4.28. The van der Waals surface area contributed by atoms with Gasteiger partial charge in [-0.3, -0.25) is 4.79 Å². The molecule has 1 aliphatic rings. The fourth-order valence-electron chi connectivity index (χ4n) is 2.72. The zero-order chi connectivity index (χ0) is 20.3. The van der Waals surface area contributed by atoms with Crippen molar-refractivity contribution >= 4 is 23.4 Å². The first kappa shape index (κ1) is 19.5. The highest BCUT2D eigenvalue weighted by atomic mass is 19.4. The largest absolute Gasteiger partial charge is 0.493 e. The molecule has 1 heterocycles. The smallest absolute Gasteiger partial charge is 0.435 e. The van der Waals surface area contributed by atoms with Crippen LogP contribution in [-0.4, -0.2) is 31.5 Å². The molecule has 2 aromatic carbocycles. The Labute approximate surface area is 159 Å². The Morgan fingerprint density at radius 2 is 1.82 bits per heavy atom. The van der Waals surface area contributed by atoms with Crippen LogP contribution in [0.1, 0.15) is 12.5 Å². The van der Waals surface area contributed by atoms with Crippen molar-refractivity contribution in [3.8, 4) is 11.5 Å². The van der Waals surface area contributed by atoms with Crippen molar-refractivity contribution in [2.75, 3.05) is 18.7 Å². The molecule has 0 bridgehead atoms. The standard InChI is InChI=1S/C20H17F3N2O3/c1-3-28-17-12-13(9-10-16(17)27-2)11-15-18(20(21,22)23)24-25(19(15)26)14-7-5-4-6-8-14/h4-12H,3H2,1-2H3/b15-11-. The van der Waals surface area contributed by atoms with Crippen molar-refractivity contribution in [3.63, 3.8) is 0 Å². The van der Waals surface area contributed by atoms with E-state index < -0.39 is 23.4 Å². The predicted octanol–water partition coefficient (Wildman–Crippen LogP) is 4.44. The third kappa shape index (κ3) is 3.85. The van der Waals surface area contributed by atoms with Crippen LogP contribution in [0.15, 0.2) is 59.2 Å². The Balaban J connectivity index is 2.05. The molecule has 0 saturated heterocycles. The minimum atomic E-state index is -4.78. The summed E-state index contributed by atoms with van der Waals surface area (Å²) in [4.78, 5) is 12.7. The summed E-state index contributed by atoms with van der Waals surface area (Å²) in [5.74, 6) is -0.0418. The number of benzene rings is 2. The third-order valence-corrected chi connectivity index (χ3v) is 3.95. The van der Waals surface area contributed by atoms with Crippen molar-refractivity contribution in [2.45, 2.75) is 13.1 Å². The molecule has 8 heteroatoms.